The molecule has 0 amide bonds. The second-order valence-corrected chi connectivity index (χ2v) is 18.7. The van der Waals surface area contributed by atoms with Gasteiger partial charge in [-0.3, -0.25) is 0 Å². The van der Waals surface area contributed by atoms with Gasteiger partial charge in [0, 0.05) is 21.7 Å². The number of hydrogen-bond donors (Lipinski definition) is 1. The summed E-state index contributed by atoms with van der Waals surface area (Å²) in [7, 11) is 0. The first-order valence-electron chi connectivity index (χ1n) is 26.6. The van der Waals surface area contributed by atoms with Crippen LogP contribution in [-0.4, -0.2) is 46.8 Å². The van der Waals surface area contributed by atoms with Gasteiger partial charge in [0.25, 0.3) is 0 Å². The van der Waals surface area contributed by atoms with E-state index < -0.39 is 6.15 Å². The molecule has 0 saturated heterocycles. The zero-order chi connectivity index (χ0) is 48.7. The van der Waals surface area contributed by atoms with Gasteiger partial charge in [0.15, 0.2) is 0 Å². The number of H-pyrrole nitrogens is 1. The quantitative estimate of drug-likeness (QED) is 0.0386. The SMILES string of the molecule is CC.CCCCCC[B-](c1ccccc1)(c1ccccc1)c1ccccc1.CCCC[N+](CCCC)(CCCC)CCCC.Clc1ccccc1-c1[nH]c(-c2ccccc2)nc1-c1ccccc1. The largest absolute Gasteiger partial charge is 0.337 e. The van der Waals surface area contributed by atoms with Crippen LogP contribution in [-0.2, 0) is 0 Å². The van der Waals surface area contributed by atoms with Crippen LogP contribution in [0.1, 0.15) is 126 Å². The van der Waals surface area contributed by atoms with Crippen molar-refractivity contribution in [3.05, 3.63) is 181 Å². The highest BCUT2D eigenvalue weighted by molar-refractivity contribution is 7.11. The molecule has 0 saturated carbocycles. The number of nitrogens with one attached hydrogen (secondary N) is 1. The minimum atomic E-state index is -0.928. The first kappa shape index (κ1) is 55.4. The third kappa shape index (κ3) is 16.5. The maximum atomic E-state index is 6.43. The lowest BCUT2D eigenvalue weighted by Crippen LogP contribution is -2.66. The second-order valence-electron chi connectivity index (χ2n) is 18.3. The van der Waals surface area contributed by atoms with Crippen LogP contribution in [0.3, 0.4) is 0 Å². The van der Waals surface area contributed by atoms with Gasteiger partial charge in [-0.2, -0.15) is 22.7 Å². The van der Waals surface area contributed by atoms with Crippen molar-refractivity contribution in [2.75, 3.05) is 26.2 Å². The summed E-state index contributed by atoms with van der Waals surface area (Å²) in [5.74, 6) is 0.837. The van der Waals surface area contributed by atoms with Crippen LogP contribution in [0.15, 0.2) is 176 Å². The number of halogens is 1. The van der Waals surface area contributed by atoms with Crippen LogP contribution < -0.4 is 16.4 Å². The summed E-state index contributed by atoms with van der Waals surface area (Å²) in [6, 6.07) is 61.5. The summed E-state index contributed by atoms with van der Waals surface area (Å²) in [4.78, 5) is 8.31. The zero-order valence-corrected chi connectivity index (χ0v) is 43.9. The number of benzene rings is 6. The van der Waals surface area contributed by atoms with Crippen LogP contribution >= 0.6 is 11.6 Å². The number of nitrogens with zero attached hydrogens (tertiary/aromatic N) is 2. The maximum Gasteiger partial charge on any atom is 0.138 e. The maximum absolute atomic E-state index is 6.43. The molecule has 7 rings (SSSR count). The van der Waals surface area contributed by atoms with E-state index in [4.69, 9.17) is 16.6 Å². The van der Waals surface area contributed by atoms with Gasteiger partial charge in [-0.1, -0.05) is 281 Å². The average molecular weight is 931 g/mol. The van der Waals surface area contributed by atoms with Crippen LogP contribution in [0.2, 0.25) is 11.3 Å². The molecule has 0 atom stereocenters. The minimum absolute atomic E-state index is 0.706. The molecule has 0 unspecified atom stereocenters. The molecule has 0 aliphatic carbocycles. The summed E-state index contributed by atoms with van der Waals surface area (Å²) < 4.78 is 1.42. The Hall–Kier alpha value is -5.16. The van der Waals surface area contributed by atoms with Gasteiger partial charge in [-0.25, -0.2) is 4.98 Å². The van der Waals surface area contributed by atoms with Crippen molar-refractivity contribution in [1.29, 1.82) is 0 Å². The standard InChI is InChI=1S/C24H28B.C21H15ClN2.C16H36N.C2H6/c1-2-3-4-14-21-25(22-15-8-5-9-16-22,23-17-10-6-11-18-23)24-19-12-7-13-20-24;22-18-14-8-7-13-17(18)20-19(15-9-3-1-4-10-15)23-21(24-20)16-11-5-2-6-12-16;1-5-9-13-17(14-10-6-2,15-11-7-3)16-12-8-4;1-2/h5-13,15-20H,2-4,14,21H2,1H3;1-14H,(H,23,24);5-16H2,1-4H3;1-2H3/q-1;;+1;. The zero-order valence-electron chi connectivity index (χ0n) is 43.1. The fourth-order valence-corrected chi connectivity index (χ4v) is 9.94. The van der Waals surface area contributed by atoms with Gasteiger partial charge < -0.3 is 9.47 Å². The van der Waals surface area contributed by atoms with Gasteiger partial charge >= 0.3 is 0 Å². The molecule has 1 aromatic heterocycles. The monoisotopic (exact) mass is 930 g/mol. The van der Waals surface area contributed by atoms with Gasteiger partial charge in [-0.05, 0) is 31.7 Å². The van der Waals surface area contributed by atoms with Crippen molar-refractivity contribution in [1.82, 2.24) is 9.97 Å². The Bertz CT molecular complexity index is 2180. The number of aromatic nitrogens is 2. The van der Waals surface area contributed by atoms with Gasteiger partial charge in [-0.15, -0.1) is 0 Å². The number of unbranched alkanes of at least 4 members (excludes halogenated alkanes) is 7. The van der Waals surface area contributed by atoms with Gasteiger partial charge in [0.2, 0.25) is 0 Å². The van der Waals surface area contributed by atoms with E-state index in [9.17, 15) is 0 Å². The molecule has 0 fully saturated rings. The molecule has 0 aliphatic rings. The van der Waals surface area contributed by atoms with E-state index in [0.29, 0.717) is 5.02 Å². The van der Waals surface area contributed by atoms with Gasteiger partial charge in [0.1, 0.15) is 5.82 Å². The predicted molar refractivity (Wildman–Crippen MR) is 304 cm³/mol. The highest BCUT2D eigenvalue weighted by atomic mass is 35.5. The van der Waals surface area contributed by atoms with Crippen molar-refractivity contribution in [3.63, 3.8) is 0 Å². The van der Waals surface area contributed by atoms with Crippen LogP contribution in [0.4, 0.5) is 0 Å². The first-order chi connectivity index (χ1) is 33.4. The van der Waals surface area contributed by atoms with Crippen LogP contribution in [0, 0.1) is 0 Å². The second kappa shape index (κ2) is 31.8. The molecule has 0 radical (unpaired) electrons. The Morgan fingerprint density at radius 1 is 0.426 bits per heavy atom. The highest BCUT2D eigenvalue weighted by Gasteiger charge is 2.29. The first-order valence-corrected chi connectivity index (χ1v) is 27.0. The lowest BCUT2D eigenvalue weighted by Gasteiger charge is -2.43. The smallest absolute Gasteiger partial charge is 0.138 e. The number of hydrogen-bond acceptors (Lipinski definition) is 1. The Labute approximate surface area is 419 Å². The topological polar surface area (TPSA) is 28.7 Å². The lowest BCUT2D eigenvalue weighted by atomic mass is 9.14. The van der Waals surface area contributed by atoms with E-state index in [2.05, 4.69) is 143 Å². The van der Waals surface area contributed by atoms with E-state index in [-0.39, 0.29) is 0 Å². The van der Waals surface area contributed by atoms with Crippen molar-refractivity contribution < 1.29 is 4.48 Å². The molecule has 0 bridgehead atoms. The molecule has 5 heteroatoms. The fraction of sp³-hybridized carbons (Fsp3) is 0.381. The molecular weight excluding hydrogens is 845 g/mol. The molecule has 3 nitrogen and oxygen atoms in total. The third-order valence-electron chi connectivity index (χ3n) is 13.5. The van der Waals surface area contributed by atoms with Crippen molar-refractivity contribution >= 4 is 34.1 Å². The lowest BCUT2D eigenvalue weighted by molar-refractivity contribution is -0.929. The molecule has 7 aromatic rings. The summed E-state index contributed by atoms with van der Waals surface area (Å²) in [6.07, 6.45) is 16.5. The van der Waals surface area contributed by atoms with Crippen molar-refractivity contribution in [2.45, 2.75) is 132 Å². The Morgan fingerprint density at radius 2 is 0.794 bits per heavy atom. The number of quaternary nitrogens is 1. The Kier molecular flexibility index (Phi) is 25.9. The van der Waals surface area contributed by atoms with Crippen LogP contribution in [0.5, 0.6) is 0 Å². The summed E-state index contributed by atoms with van der Waals surface area (Å²) in [5, 5.41) is 0.706. The molecule has 0 aliphatic heterocycles. The Balaban J connectivity index is 0.000000223. The van der Waals surface area contributed by atoms with Crippen molar-refractivity contribution in [2.24, 2.45) is 0 Å². The highest BCUT2D eigenvalue weighted by Crippen LogP contribution is 2.36. The molecular formula is C63H85BClN3. The molecule has 0 spiro atoms. The van der Waals surface area contributed by atoms with Crippen molar-refractivity contribution in [3.8, 4) is 33.9 Å². The average Bonchev–Trinajstić information content (AvgIpc) is 3.86. The van der Waals surface area contributed by atoms with Gasteiger partial charge in [0.05, 0.1) is 43.7 Å². The van der Waals surface area contributed by atoms with E-state index in [1.54, 1.807) is 0 Å². The fourth-order valence-electron chi connectivity index (χ4n) is 9.71. The number of imidazole rings is 1. The molecule has 1 N–H and O–H groups in total. The predicted octanol–water partition coefficient (Wildman–Crippen LogP) is 16.8. The Morgan fingerprint density at radius 3 is 1.19 bits per heavy atom. The third-order valence-corrected chi connectivity index (χ3v) is 13.8. The molecule has 6 aromatic carbocycles. The molecule has 68 heavy (non-hydrogen) atoms. The van der Waals surface area contributed by atoms with Crippen LogP contribution in [0.25, 0.3) is 33.9 Å². The molecule has 362 valence electrons. The summed E-state index contributed by atoms with van der Waals surface area (Å²) in [5.41, 5.74) is 9.27. The number of aromatic amines is 1. The van der Waals surface area contributed by atoms with E-state index in [0.717, 1.165) is 33.9 Å². The summed E-state index contributed by atoms with van der Waals surface area (Å²) in [6.45, 7) is 21.3. The number of rotatable bonds is 23. The van der Waals surface area contributed by atoms with E-state index in [1.807, 2.05) is 86.6 Å². The normalized spacial score (nSPS) is 11.1. The van der Waals surface area contributed by atoms with E-state index in [1.165, 1.54) is 130 Å². The minimum Gasteiger partial charge on any atom is -0.337 e. The van der Waals surface area contributed by atoms with E-state index >= 15 is 0 Å². The summed E-state index contributed by atoms with van der Waals surface area (Å²) >= 11 is 6.43. The molecule has 1 heterocycles.